The molecule has 27 heavy (non-hydrogen) atoms. The number of hydrogen-bond donors (Lipinski definition) is 1. The van der Waals surface area contributed by atoms with Gasteiger partial charge in [-0.1, -0.05) is 47.5 Å². The van der Waals surface area contributed by atoms with E-state index in [-0.39, 0.29) is 5.91 Å². The SMILES string of the molecule is O=C(NCCc1ccc(Cl)cc1)c1ccc(CSCc2ccc(Cl)cc2)o1. The maximum Gasteiger partial charge on any atom is 0.287 e. The molecule has 0 saturated carbocycles. The van der Waals surface area contributed by atoms with E-state index in [1.807, 2.05) is 54.6 Å². The van der Waals surface area contributed by atoms with Crippen molar-refractivity contribution < 1.29 is 9.21 Å². The average molecular weight is 420 g/mol. The molecule has 140 valence electrons. The van der Waals surface area contributed by atoms with Gasteiger partial charge in [-0.15, -0.1) is 11.8 Å². The number of nitrogens with one attached hydrogen (secondary N) is 1. The molecular formula is C21H19Cl2NO2S. The topological polar surface area (TPSA) is 42.2 Å². The number of carbonyl (C=O) groups is 1. The lowest BCUT2D eigenvalue weighted by atomic mass is 10.1. The first-order valence-corrected chi connectivity index (χ1v) is 10.4. The molecular weight excluding hydrogens is 401 g/mol. The summed E-state index contributed by atoms with van der Waals surface area (Å²) in [5, 5.41) is 4.32. The molecule has 1 amide bonds. The van der Waals surface area contributed by atoms with Crippen LogP contribution in [0.3, 0.4) is 0 Å². The zero-order valence-corrected chi connectivity index (χ0v) is 16.9. The predicted octanol–water partition coefficient (Wildman–Crippen LogP) is 5.99. The van der Waals surface area contributed by atoms with Gasteiger partial charge in [0.05, 0.1) is 5.75 Å². The normalized spacial score (nSPS) is 10.7. The number of benzene rings is 2. The van der Waals surface area contributed by atoms with Crippen molar-refractivity contribution in [2.75, 3.05) is 6.54 Å². The van der Waals surface area contributed by atoms with E-state index >= 15 is 0 Å². The van der Waals surface area contributed by atoms with Crippen molar-refractivity contribution in [3.05, 3.63) is 93.4 Å². The molecule has 0 fully saturated rings. The van der Waals surface area contributed by atoms with Gasteiger partial charge in [-0.25, -0.2) is 0 Å². The highest BCUT2D eigenvalue weighted by molar-refractivity contribution is 7.97. The quantitative estimate of drug-likeness (QED) is 0.487. The Bertz CT molecular complexity index is 876. The third-order valence-electron chi connectivity index (χ3n) is 3.92. The molecule has 6 heteroatoms. The summed E-state index contributed by atoms with van der Waals surface area (Å²) in [4.78, 5) is 12.2. The Morgan fingerprint density at radius 2 is 1.48 bits per heavy atom. The number of hydrogen-bond acceptors (Lipinski definition) is 3. The molecule has 0 atom stereocenters. The fraction of sp³-hybridized carbons (Fsp3) is 0.190. The van der Waals surface area contributed by atoms with Crippen molar-refractivity contribution >= 4 is 40.9 Å². The Kier molecular flexibility index (Phi) is 7.27. The summed E-state index contributed by atoms with van der Waals surface area (Å²) >= 11 is 13.5. The Morgan fingerprint density at radius 3 is 2.15 bits per heavy atom. The molecule has 1 N–H and O–H groups in total. The average Bonchev–Trinajstić information content (AvgIpc) is 3.14. The standard InChI is InChI=1S/C21H19Cl2NO2S/c22-17-5-1-15(2-6-17)11-12-24-21(25)20-10-9-19(26-20)14-27-13-16-3-7-18(23)8-4-16/h1-10H,11-14H2,(H,24,25). The lowest BCUT2D eigenvalue weighted by molar-refractivity contribution is 0.0925. The summed E-state index contributed by atoms with van der Waals surface area (Å²) in [5.74, 6) is 2.50. The van der Waals surface area contributed by atoms with E-state index < -0.39 is 0 Å². The van der Waals surface area contributed by atoms with Crippen LogP contribution in [-0.4, -0.2) is 12.5 Å². The second-order valence-electron chi connectivity index (χ2n) is 6.02. The fourth-order valence-corrected chi connectivity index (χ4v) is 3.62. The maximum absolute atomic E-state index is 12.2. The van der Waals surface area contributed by atoms with Gasteiger partial charge in [0.15, 0.2) is 5.76 Å². The van der Waals surface area contributed by atoms with E-state index in [0.717, 1.165) is 28.5 Å². The number of halogens is 2. The third kappa shape index (κ3) is 6.35. The van der Waals surface area contributed by atoms with Gasteiger partial charge in [-0.05, 0) is 53.9 Å². The van der Waals surface area contributed by atoms with Gasteiger partial charge in [-0.3, -0.25) is 4.79 Å². The second-order valence-corrected chi connectivity index (χ2v) is 7.88. The van der Waals surface area contributed by atoms with Crippen LogP contribution in [0.4, 0.5) is 0 Å². The lowest BCUT2D eigenvalue weighted by Gasteiger charge is -2.04. The Labute approximate surface area is 173 Å². The van der Waals surface area contributed by atoms with Gasteiger partial charge in [0.25, 0.3) is 5.91 Å². The minimum absolute atomic E-state index is 0.196. The molecule has 0 aliphatic heterocycles. The molecule has 0 spiro atoms. The third-order valence-corrected chi connectivity index (χ3v) is 5.45. The number of furan rings is 1. The molecule has 0 aliphatic rings. The molecule has 2 aromatic carbocycles. The van der Waals surface area contributed by atoms with Crippen molar-refractivity contribution in [3.8, 4) is 0 Å². The van der Waals surface area contributed by atoms with Gasteiger partial charge in [0.2, 0.25) is 0 Å². The minimum atomic E-state index is -0.196. The van der Waals surface area contributed by atoms with Gasteiger partial charge in [0.1, 0.15) is 5.76 Å². The van der Waals surface area contributed by atoms with Crippen LogP contribution in [0.5, 0.6) is 0 Å². The first-order chi connectivity index (χ1) is 13.1. The van der Waals surface area contributed by atoms with Gasteiger partial charge in [0, 0.05) is 22.3 Å². The van der Waals surface area contributed by atoms with Crippen molar-refractivity contribution in [2.45, 2.75) is 17.9 Å². The zero-order valence-electron chi connectivity index (χ0n) is 14.6. The molecule has 0 bridgehead atoms. The summed E-state index contributed by atoms with van der Waals surface area (Å²) in [5.41, 5.74) is 2.33. The molecule has 0 aliphatic carbocycles. The van der Waals surface area contributed by atoms with E-state index in [0.29, 0.717) is 23.1 Å². The smallest absolute Gasteiger partial charge is 0.287 e. The Balaban J connectivity index is 1.41. The molecule has 0 unspecified atom stereocenters. The van der Waals surface area contributed by atoms with Gasteiger partial charge < -0.3 is 9.73 Å². The summed E-state index contributed by atoms with van der Waals surface area (Å²) in [6, 6.07) is 19.0. The van der Waals surface area contributed by atoms with Crippen LogP contribution < -0.4 is 5.32 Å². The first kappa shape index (κ1) is 19.9. The van der Waals surface area contributed by atoms with E-state index in [9.17, 15) is 4.79 Å². The van der Waals surface area contributed by atoms with Crippen molar-refractivity contribution in [1.29, 1.82) is 0 Å². The fourth-order valence-electron chi connectivity index (χ4n) is 2.49. The van der Waals surface area contributed by atoms with Crippen LogP contribution in [-0.2, 0) is 17.9 Å². The van der Waals surface area contributed by atoms with Crippen LogP contribution in [0.1, 0.15) is 27.4 Å². The molecule has 3 nitrogen and oxygen atoms in total. The lowest BCUT2D eigenvalue weighted by Crippen LogP contribution is -2.25. The largest absolute Gasteiger partial charge is 0.455 e. The van der Waals surface area contributed by atoms with E-state index in [1.54, 1.807) is 17.8 Å². The predicted molar refractivity (Wildman–Crippen MR) is 113 cm³/mol. The molecule has 1 aromatic heterocycles. The van der Waals surface area contributed by atoms with Crippen LogP contribution >= 0.6 is 35.0 Å². The maximum atomic E-state index is 12.2. The molecule has 3 rings (SSSR count). The number of carbonyl (C=O) groups excluding carboxylic acids is 1. The molecule has 0 saturated heterocycles. The first-order valence-electron chi connectivity index (χ1n) is 8.54. The Morgan fingerprint density at radius 1 is 0.852 bits per heavy atom. The highest BCUT2D eigenvalue weighted by atomic mass is 35.5. The van der Waals surface area contributed by atoms with Crippen LogP contribution in [0.15, 0.2) is 65.1 Å². The summed E-state index contributed by atoms with van der Waals surface area (Å²) in [7, 11) is 0. The van der Waals surface area contributed by atoms with E-state index in [1.165, 1.54) is 5.56 Å². The second kappa shape index (κ2) is 9.88. The monoisotopic (exact) mass is 419 g/mol. The van der Waals surface area contributed by atoms with E-state index in [2.05, 4.69) is 5.32 Å². The number of rotatable bonds is 8. The van der Waals surface area contributed by atoms with Crippen LogP contribution in [0.2, 0.25) is 10.0 Å². The molecule has 3 aromatic rings. The minimum Gasteiger partial charge on any atom is -0.455 e. The zero-order chi connectivity index (χ0) is 19.1. The summed E-state index contributed by atoms with van der Waals surface area (Å²) in [6.07, 6.45) is 0.743. The number of thioether (sulfide) groups is 1. The van der Waals surface area contributed by atoms with Crippen molar-refractivity contribution in [1.82, 2.24) is 5.32 Å². The van der Waals surface area contributed by atoms with Gasteiger partial charge >= 0.3 is 0 Å². The highest BCUT2D eigenvalue weighted by Gasteiger charge is 2.11. The molecule has 0 radical (unpaired) electrons. The van der Waals surface area contributed by atoms with Crippen LogP contribution in [0.25, 0.3) is 0 Å². The summed E-state index contributed by atoms with van der Waals surface area (Å²) in [6.45, 7) is 0.543. The van der Waals surface area contributed by atoms with Gasteiger partial charge in [-0.2, -0.15) is 0 Å². The number of amides is 1. The van der Waals surface area contributed by atoms with E-state index in [4.69, 9.17) is 27.6 Å². The summed E-state index contributed by atoms with van der Waals surface area (Å²) < 4.78 is 5.65. The Hall–Kier alpha value is -1.88. The van der Waals surface area contributed by atoms with Crippen molar-refractivity contribution in [2.24, 2.45) is 0 Å². The van der Waals surface area contributed by atoms with Crippen molar-refractivity contribution in [3.63, 3.8) is 0 Å². The highest BCUT2D eigenvalue weighted by Crippen LogP contribution is 2.21. The molecule has 1 heterocycles. The van der Waals surface area contributed by atoms with Crippen LogP contribution in [0, 0.1) is 0 Å².